The van der Waals surface area contributed by atoms with Gasteiger partial charge in [0.15, 0.2) is 0 Å². The average molecular weight is 270 g/mol. The monoisotopic (exact) mass is 270 g/mol. The van der Waals surface area contributed by atoms with Crippen molar-refractivity contribution < 1.29 is 4.74 Å². The van der Waals surface area contributed by atoms with Crippen LogP contribution in [0.2, 0.25) is 0 Å². The maximum absolute atomic E-state index is 12.1. The largest absolute Gasteiger partial charge is 0.383 e. The lowest BCUT2D eigenvalue weighted by atomic mass is 10.3. The minimum Gasteiger partial charge on any atom is -0.383 e. The van der Waals surface area contributed by atoms with Crippen molar-refractivity contribution in [2.45, 2.75) is 32.9 Å². The SMILES string of the molecule is CCCn1c(N)c(NC(C)COC)c(=O)n(C)c1=O. The van der Waals surface area contributed by atoms with Crippen LogP contribution in [0.3, 0.4) is 0 Å². The molecule has 0 radical (unpaired) electrons. The molecule has 7 heteroatoms. The van der Waals surface area contributed by atoms with Crippen LogP contribution in [0.4, 0.5) is 11.5 Å². The first-order valence-electron chi connectivity index (χ1n) is 6.28. The number of ether oxygens (including phenoxy) is 1. The van der Waals surface area contributed by atoms with Crippen molar-refractivity contribution in [3.8, 4) is 0 Å². The predicted molar refractivity (Wildman–Crippen MR) is 75.6 cm³/mol. The second-order valence-corrected chi connectivity index (χ2v) is 4.56. The van der Waals surface area contributed by atoms with Crippen molar-refractivity contribution in [2.24, 2.45) is 7.05 Å². The lowest BCUT2D eigenvalue weighted by molar-refractivity contribution is 0.190. The normalized spacial score (nSPS) is 12.4. The van der Waals surface area contributed by atoms with Gasteiger partial charge in [-0.15, -0.1) is 0 Å². The number of nitrogens with one attached hydrogen (secondary N) is 1. The van der Waals surface area contributed by atoms with E-state index in [-0.39, 0.29) is 17.5 Å². The van der Waals surface area contributed by atoms with Crippen LogP contribution >= 0.6 is 0 Å². The van der Waals surface area contributed by atoms with Gasteiger partial charge in [0.2, 0.25) is 0 Å². The molecular formula is C12H22N4O3. The van der Waals surface area contributed by atoms with Gasteiger partial charge in [-0.1, -0.05) is 6.92 Å². The summed E-state index contributed by atoms with van der Waals surface area (Å²) in [6.07, 6.45) is 0.759. The maximum Gasteiger partial charge on any atom is 0.332 e. The maximum atomic E-state index is 12.1. The molecule has 0 amide bonds. The van der Waals surface area contributed by atoms with Gasteiger partial charge < -0.3 is 15.8 Å². The Morgan fingerprint density at radius 3 is 2.58 bits per heavy atom. The lowest BCUT2D eigenvalue weighted by Crippen LogP contribution is -2.42. The molecule has 0 aliphatic rings. The minimum absolute atomic E-state index is 0.0763. The Bertz CT molecular complexity index is 547. The topological polar surface area (TPSA) is 91.3 Å². The van der Waals surface area contributed by atoms with Gasteiger partial charge >= 0.3 is 5.69 Å². The Balaban J connectivity index is 3.31. The van der Waals surface area contributed by atoms with Gasteiger partial charge in [0.1, 0.15) is 11.5 Å². The number of hydrogen-bond acceptors (Lipinski definition) is 5. The first-order valence-corrected chi connectivity index (χ1v) is 6.28. The van der Waals surface area contributed by atoms with Crippen molar-refractivity contribution in [1.29, 1.82) is 0 Å². The van der Waals surface area contributed by atoms with Crippen LogP contribution < -0.4 is 22.3 Å². The van der Waals surface area contributed by atoms with E-state index in [1.165, 1.54) is 11.6 Å². The minimum atomic E-state index is -0.419. The van der Waals surface area contributed by atoms with Gasteiger partial charge in [0, 0.05) is 26.7 Å². The summed E-state index contributed by atoms with van der Waals surface area (Å²) in [5.74, 6) is 0.179. The predicted octanol–water partition coefficient (Wildman–Crippen LogP) is -0.0140. The zero-order chi connectivity index (χ0) is 14.6. The molecule has 0 saturated carbocycles. The van der Waals surface area contributed by atoms with E-state index in [0.29, 0.717) is 13.2 Å². The van der Waals surface area contributed by atoms with Crippen LogP contribution in [0.1, 0.15) is 20.3 Å². The molecule has 0 fully saturated rings. The highest BCUT2D eigenvalue weighted by Gasteiger charge is 2.16. The summed E-state index contributed by atoms with van der Waals surface area (Å²) in [5, 5.41) is 3.00. The zero-order valence-electron chi connectivity index (χ0n) is 11.9. The summed E-state index contributed by atoms with van der Waals surface area (Å²) >= 11 is 0. The fourth-order valence-corrected chi connectivity index (χ4v) is 1.90. The standard InChI is InChI=1S/C12H22N4O3/c1-5-6-16-10(13)9(14-8(2)7-19-4)11(17)15(3)12(16)18/h8,14H,5-7,13H2,1-4H3. The highest BCUT2D eigenvalue weighted by atomic mass is 16.5. The van der Waals surface area contributed by atoms with Gasteiger partial charge in [-0.25, -0.2) is 4.79 Å². The molecule has 1 atom stereocenters. The third-order valence-corrected chi connectivity index (χ3v) is 2.84. The van der Waals surface area contributed by atoms with Gasteiger partial charge in [-0.2, -0.15) is 0 Å². The van der Waals surface area contributed by atoms with E-state index in [1.807, 2.05) is 13.8 Å². The highest BCUT2D eigenvalue weighted by molar-refractivity contribution is 5.61. The van der Waals surface area contributed by atoms with Crippen LogP contribution in [0, 0.1) is 0 Å². The van der Waals surface area contributed by atoms with E-state index >= 15 is 0 Å². The van der Waals surface area contributed by atoms with Crippen LogP contribution in [-0.4, -0.2) is 28.9 Å². The molecule has 3 N–H and O–H groups in total. The van der Waals surface area contributed by atoms with E-state index in [1.54, 1.807) is 7.11 Å². The molecule has 0 saturated heterocycles. The Morgan fingerprint density at radius 2 is 2.05 bits per heavy atom. The Hall–Kier alpha value is -1.76. The first-order chi connectivity index (χ1) is 8.93. The second kappa shape index (κ2) is 6.42. The third-order valence-electron chi connectivity index (χ3n) is 2.84. The summed E-state index contributed by atoms with van der Waals surface area (Å²) in [6, 6.07) is -0.0763. The molecule has 0 bridgehead atoms. The van der Waals surface area contributed by atoms with E-state index in [0.717, 1.165) is 11.0 Å². The summed E-state index contributed by atoms with van der Waals surface area (Å²) in [5.41, 5.74) is 5.37. The molecule has 0 aromatic carbocycles. The fourth-order valence-electron chi connectivity index (χ4n) is 1.90. The number of hydrogen-bond donors (Lipinski definition) is 2. The lowest BCUT2D eigenvalue weighted by Gasteiger charge is -2.18. The number of anilines is 2. The molecule has 1 unspecified atom stereocenters. The smallest absolute Gasteiger partial charge is 0.332 e. The molecule has 0 aliphatic carbocycles. The van der Waals surface area contributed by atoms with E-state index in [9.17, 15) is 9.59 Å². The zero-order valence-corrected chi connectivity index (χ0v) is 11.9. The number of methoxy groups -OCH3 is 1. The van der Waals surface area contributed by atoms with Gasteiger partial charge in [0.05, 0.1) is 6.61 Å². The molecule has 0 spiro atoms. The van der Waals surface area contributed by atoms with Crippen molar-refractivity contribution in [1.82, 2.24) is 9.13 Å². The summed E-state index contributed by atoms with van der Waals surface area (Å²) in [6.45, 7) is 4.73. The second-order valence-electron chi connectivity index (χ2n) is 4.56. The van der Waals surface area contributed by atoms with Crippen LogP contribution in [0.5, 0.6) is 0 Å². The Labute approximate surface area is 112 Å². The van der Waals surface area contributed by atoms with Crippen LogP contribution in [0.15, 0.2) is 9.59 Å². The number of nitrogens with two attached hydrogens (primary N) is 1. The molecular weight excluding hydrogens is 248 g/mol. The number of nitrogens with zero attached hydrogens (tertiary/aromatic N) is 2. The molecule has 108 valence electrons. The molecule has 7 nitrogen and oxygen atoms in total. The molecule has 1 heterocycles. The Morgan fingerprint density at radius 1 is 1.42 bits per heavy atom. The van der Waals surface area contributed by atoms with Crippen molar-refractivity contribution in [2.75, 3.05) is 24.8 Å². The quantitative estimate of drug-likeness (QED) is 0.758. The van der Waals surface area contributed by atoms with E-state index in [4.69, 9.17) is 10.5 Å². The highest BCUT2D eigenvalue weighted by Crippen LogP contribution is 2.12. The Kier molecular flexibility index (Phi) is 5.17. The van der Waals surface area contributed by atoms with E-state index < -0.39 is 11.2 Å². The summed E-state index contributed by atoms with van der Waals surface area (Å²) < 4.78 is 7.48. The van der Waals surface area contributed by atoms with Gasteiger partial charge in [-0.05, 0) is 13.3 Å². The van der Waals surface area contributed by atoms with E-state index in [2.05, 4.69) is 5.32 Å². The number of aromatic nitrogens is 2. The number of nitrogen functional groups attached to an aromatic ring is 1. The molecule has 1 rings (SSSR count). The number of rotatable bonds is 6. The van der Waals surface area contributed by atoms with Crippen molar-refractivity contribution >= 4 is 11.5 Å². The van der Waals surface area contributed by atoms with Crippen molar-refractivity contribution in [3.05, 3.63) is 20.8 Å². The van der Waals surface area contributed by atoms with Crippen molar-refractivity contribution in [3.63, 3.8) is 0 Å². The molecule has 0 aliphatic heterocycles. The van der Waals surface area contributed by atoms with Gasteiger partial charge in [-0.3, -0.25) is 13.9 Å². The molecule has 1 aromatic rings. The summed E-state index contributed by atoms with van der Waals surface area (Å²) in [4.78, 5) is 24.0. The average Bonchev–Trinajstić information content (AvgIpc) is 2.38. The fraction of sp³-hybridized carbons (Fsp3) is 0.667. The van der Waals surface area contributed by atoms with Crippen LogP contribution in [0.25, 0.3) is 0 Å². The van der Waals surface area contributed by atoms with Crippen LogP contribution in [-0.2, 0) is 18.3 Å². The summed E-state index contributed by atoms with van der Waals surface area (Å²) in [7, 11) is 3.03. The molecule has 19 heavy (non-hydrogen) atoms. The van der Waals surface area contributed by atoms with Gasteiger partial charge in [0.25, 0.3) is 5.56 Å². The molecule has 1 aromatic heterocycles. The first kappa shape index (κ1) is 15.3. The third kappa shape index (κ3) is 3.17.